The Hall–Kier alpha value is -2.92. The second-order valence-corrected chi connectivity index (χ2v) is 5.14. The Morgan fingerprint density at radius 1 is 1.00 bits per heavy atom. The minimum Gasteiger partial charge on any atom is -0.460 e. The molecule has 0 bridgehead atoms. The second kappa shape index (κ2) is 10.1. The molecule has 2 aromatic carbocycles. The lowest BCUT2D eigenvalue weighted by Crippen LogP contribution is -2.11. The summed E-state index contributed by atoms with van der Waals surface area (Å²) in [5, 5.41) is 2.74. The van der Waals surface area contributed by atoms with Crippen LogP contribution in [0.5, 0.6) is 0 Å². The van der Waals surface area contributed by atoms with Crippen LogP contribution in [-0.2, 0) is 14.3 Å². The Kier molecular flexibility index (Phi) is 7.41. The van der Waals surface area contributed by atoms with Gasteiger partial charge in [-0.3, -0.25) is 4.79 Å². The number of ether oxygens (including phenoxy) is 2. The van der Waals surface area contributed by atoms with Crippen LogP contribution < -0.4 is 5.32 Å². The number of carbonyl (C=O) groups excluding carboxylic acids is 2. The van der Waals surface area contributed by atoms with Gasteiger partial charge in [0.2, 0.25) is 5.91 Å². The molecule has 1 amide bonds. The highest BCUT2D eigenvalue weighted by Gasteiger charge is 2.07. The summed E-state index contributed by atoms with van der Waals surface area (Å²) in [6.07, 6.45) is 3.20. The number of hydrogen-bond acceptors (Lipinski definition) is 4. The average molecular weight is 339 g/mol. The van der Waals surface area contributed by atoms with Gasteiger partial charge in [0.25, 0.3) is 0 Å². The fourth-order valence-electron chi connectivity index (χ4n) is 2.03. The SMILES string of the molecule is CCOCCOC(=O)c1ccc(NC(=O)/C=C/c2ccccc2)cc1. The van der Waals surface area contributed by atoms with E-state index >= 15 is 0 Å². The van der Waals surface area contributed by atoms with E-state index in [1.807, 2.05) is 37.3 Å². The van der Waals surface area contributed by atoms with Crippen molar-refractivity contribution in [2.24, 2.45) is 0 Å². The average Bonchev–Trinajstić information content (AvgIpc) is 2.65. The molecule has 0 heterocycles. The number of carbonyl (C=O) groups is 2. The summed E-state index contributed by atoms with van der Waals surface area (Å²) in [4.78, 5) is 23.7. The molecule has 0 spiro atoms. The number of hydrogen-bond donors (Lipinski definition) is 1. The molecule has 5 heteroatoms. The Labute approximate surface area is 147 Å². The van der Waals surface area contributed by atoms with E-state index < -0.39 is 5.97 Å². The maximum Gasteiger partial charge on any atom is 0.338 e. The molecule has 25 heavy (non-hydrogen) atoms. The van der Waals surface area contributed by atoms with Crippen molar-refractivity contribution in [2.75, 3.05) is 25.1 Å². The minimum atomic E-state index is -0.415. The van der Waals surface area contributed by atoms with Gasteiger partial charge in [-0.05, 0) is 42.8 Å². The van der Waals surface area contributed by atoms with Crippen molar-refractivity contribution < 1.29 is 19.1 Å². The number of rotatable bonds is 8. The second-order valence-electron chi connectivity index (χ2n) is 5.14. The van der Waals surface area contributed by atoms with Crippen molar-refractivity contribution in [3.8, 4) is 0 Å². The number of benzene rings is 2. The van der Waals surface area contributed by atoms with Crippen molar-refractivity contribution in [3.05, 3.63) is 71.8 Å². The van der Waals surface area contributed by atoms with Gasteiger partial charge < -0.3 is 14.8 Å². The van der Waals surface area contributed by atoms with Gasteiger partial charge in [0.15, 0.2) is 0 Å². The molecule has 0 fully saturated rings. The number of anilines is 1. The lowest BCUT2D eigenvalue weighted by molar-refractivity contribution is -0.111. The van der Waals surface area contributed by atoms with Crippen molar-refractivity contribution >= 4 is 23.6 Å². The molecule has 0 aliphatic rings. The van der Waals surface area contributed by atoms with Crippen LogP contribution in [-0.4, -0.2) is 31.7 Å². The smallest absolute Gasteiger partial charge is 0.338 e. The van der Waals surface area contributed by atoms with Crippen molar-refractivity contribution in [1.82, 2.24) is 0 Å². The third kappa shape index (κ3) is 6.61. The van der Waals surface area contributed by atoms with E-state index in [0.717, 1.165) is 5.56 Å². The molecule has 0 unspecified atom stereocenters. The van der Waals surface area contributed by atoms with Crippen LogP contribution in [0.15, 0.2) is 60.7 Å². The molecule has 130 valence electrons. The van der Waals surface area contributed by atoms with Crippen LogP contribution in [0.4, 0.5) is 5.69 Å². The van der Waals surface area contributed by atoms with Gasteiger partial charge in [-0.1, -0.05) is 30.3 Å². The maximum absolute atomic E-state index is 11.9. The maximum atomic E-state index is 11.9. The van der Waals surface area contributed by atoms with E-state index in [2.05, 4.69) is 5.32 Å². The molecule has 0 saturated heterocycles. The summed E-state index contributed by atoms with van der Waals surface area (Å²) in [6, 6.07) is 16.1. The Bertz CT molecular complexity index is 708. The first-order valence-corrected chi connectivity index (χ1v) is 8.08. The first-order chi connectivity index (χ1) is 12.2. The van der Waals surface area contributed by atoms with E-state index in [0.29, 0.717) is 24.5 Å². The monoisotopic (exact) mass is 339 g/mol. The largest absolute Gasteiger partial charge is 0.460 e. The zero-order valence-corrected chi connectivity index (χ0v) is 14.1. The van der Waals surface area contributed by atoms with E-state index in [1.165, 1.54) is 6.08 Å². The molecule has 1 N–H and O–H groups in total. The Morgan fingerprint density at radius 3 is 2.40 bits per heavy atom. The summed E-state index contributed by atoms with van der Waals surface area (Å²) in [5.41, 5.74) is 1.98. The molecule has 5 nitrogen and oxygen atoms in total. The molecule has 0 saturated carbocycles. The lowest BCUT2D eigenvalue weighted by atomic mass is 10.2. The summed E-state index contributed by atoms with van der Waals surface area (Å²) >= 11 is 0. The van der Waals surface area contributed by atoms with Crippen LogP contribution in [0.2, 0.25) is 0 Å². The van der Waals surface area contributed by atoms with Gasteiger partial charge in [-0.25, -0.2) is 4.79 Å². The van der Waals surface area contributed by atoms with Crippen LogP contribution in [0.3, 0.4) is 0 Å². The predicted molar refractivity (Wildman–Crippen MR) is 97.3 cm³/mol. The molecule has 2 rings (SSSR count). The zero-order chi connectivity index (χ0) is 17.9. The van der Waals surface area contributed by atoms with Gasteiger partial charge in [0.1, 0.15) is 6.61 Å². The molecule has 0 aromatic heterocycles. The number of amides is 1. The van der Waals surface area contributed by atoms with Crippen LogP contribution in [0, 0.1) is 0 Å². The van der Waals surface area contributed by atoms with E-state index in [4.69, 9.17) is 9.47 Å². The lowest BCUT2D eigenvalue weighted by Gasteiger charge is -2.06. The van der Waals surface area contributed by atoms with Gasteiger partial charge in [-0.2, -0.15) is 0 Å². The molecule has 0 radical (unpaired) electrons. The molecular formula is C20H21NO4. The molecule has 0 atom stereocenters. The zero-order valence-electron chi connectivity index (χ0n) is 14.1. The fraction of sp³-hybridized carbons (Fsp3) is 0.200. The summed E-state index contributed by atoms with van der Waals surface area (Å²) in [6.45, 7) is 3.06. The van der Waals surface area contributed by atoms with Crippen molar-refractivity contribution in [2.45, 2.75) is 6.92 Å². The minimum absolute atomic E-state index is 0.218. The summed E-state index contributed by atoms with van der Waals surface area (Å²) in [7, 11) is 0. The summed E-state index contributed by atoms with van der Waals surface area (Å²) < 4.78 is 10.2. The van der Waals surface area contributed by atoms with Crippen LogP contribution in [0.1, 0.15) is 22.8 Å². The molecule has 2 aromatic rings. The number of esters is 1. The van der Waals surface area contributed by atoms with Crippen molar-refractivity contribution in [3.63, 3.8) is 0 Å². The van der Waals surface area contributed by atoms with Crippen LogP contribution >= 0.6 is 0 Å². The standard InChI is InChI=1S/C20H21NO4/c1-2-24-14-15-25-20(23)17-9-11-18(12-10-17)21-19(22)13-8-16-6-4-3-5-7-16/h3-13H,2,14-15H2,1H3,(H,21,22)/b13-8+. The normalized spacial score (nSPS) is 10.6. The topological polar surface area (TPSA) is 64.6 Å². The quantitative estimate of drug-likeness (QED) is 0.454. The Balaban J connectivity index is 1.84. The van der Waals surface area contributed by atoms with Gasteiger partial charge in [0.05, 0.1) is 12.2 Å². The van der Waals surface area contributed by atoms with E-state index in [1.54, 1.807) is 30.3 Å². The Morgan fingerprint density at radius 2 is 1.72 bits per heavy atom. The third-order valence-electron chi connectivity index (χ3n) is 3.28. The first kappa shape index (κ1) is 18.4. The highest BCUT2D eigenvalue weighted by molar-refractivity contribution is 6.02. The highest BCUT2D eigenvalue weighted by atomic mass is 16.6. The molecule has 0 aliphatic heterocycles. The number of nitrogens with one attached hydrogen (secondary N) is 1. The van der Waals surface area contributed by atoms with Gasteiger partial charge in [0, 0.05) is 18.4 Å². The predicted octanol–water partition coefficient (Wildman–Crippen LogP) is 3.53. The first-order valence-electron chi connectivity index (χ1n) is 8.08. The highest BCUT2D eigenvalue weighted by Crippen LogP contribution is 2.11. The van der Waals surface area contributed by atoms with E-state index in [-0.39, 0.29) is 12.5 Å². The van der Waals surface area contributed by atoms with E-state index in [9.17, 15) is 9.59 Å². The van der Waals surface area contributed by atoms with Gasteiger partial charge >= 0.3 is 5.97 Å². The van der Waals surface area contributed by atoms with Crippen LogP contribution in [0.25, 0.3) is 6.08 Å². The van der Waals surface area contributed by atoms with Crippen molar-refractivity contribution in [1.29, 1.82) is 0 Å². The fourth-order valence-corrected chi connectivity index (χ4v) is 2.03. The third-order valence-corrected chi connectivity index (χ3v) is 3.28. The summed E-state index contributed by atoms with van der Waals surface area (Å²) in [5.74, 6) is -0.655. The molecular weight excluding hydrogens is 318 g/mol. The molecule has 0 aliphatic carbocycles. The van der Waals surface area contributed by atoms with Gasteiger partial charge in [-0.15, -0.1) is 0 Å².